The molecule has 72 valence electrons. The summed E-state index contributed by atoms with van der Waals surface area (Å²) in [4.78, 5) is 10.4. The zero-order valence-electron chi connectivity index (χ0n) is 7.59. The van der Waals surface area contributed by atoms with Gasteiger partial charge in [0.25, 0.3) is 0 Å². The van der Waals surface area contributed by atoms with Gasteiger partial charge in [-0.05, 0) is 36.7 Å². The molecule has 0 unspecified atom stereocenters. The van der Waals surface area contributed by atoms with Crippen molar-refractivity contribution in [3.63, 3.8) is 0 Å². The van der Waals surface area contributed by atoms with Crippen LogP contribution in [0, 0.1) is 3.57 Å². The highest BCUT2D eigenvalue weighted by molar-refractivity contribution is 14.1. The largest absolute Gasteiger partial charge is 0.309 e. The Kier molecular flexibility index (Phi) is 4.34. The fourth-order valence-corrected chi connectivity index (χ4v) is 1.23. The quantitative estimate of drug-likeness (QED) is 0.630. The van der Waals surface area contributed by atoms with E-state index in [9.17, 15) is 0 Å². The maximum atomic E-state index is 5.86. The molecule has 0 saturated carbocycles. The number of rotatable bonds is 3. The Balaban J connectivity index is 2.63. The van der Waals surface area contributed by atoms with Gasteiger partial charge in [0.05, 0.1) is 3.57 Å². The number of nitrogens with zero attached hydrogens (tertiary/aromatic N) is 3. The summed E-state index contributed by atoms with van der Waals surface area (Å²) in [5.41, 5.74) is 0. The number of hydrogen-bond acceptors (Lipinski definition) is 3. The van der Waals surface area contributed by atoms with E-state index < -0.39 is 0 Å². The van der Waals surface area contributed by atoms with E-state index in [1.807, 2.05) is 14.1 Å². The summed E-state index contributed by atoms with van der Waals surface area (Å²) in [5, 5.41) is 0.546. The molecule has 0 N–H and O–H groups in total. The molecule has 0 saturated heterocycles. The van der Waals surface area contributed by atoms with Crippen LogP contribution < -0.4 is 0 Å². The lowest BCUT2D eigenvalue weighted by Gasteiger charge is -2.07. The van der Waals surface area contributed by atoms with Gasteiger partial charge in [-0.1, -0.05) is 11.6 Å². The van der Waals surface area contributed by atoms with Gasteiger partial charge < -0.3 is 4.90 Å². The summed E-state index contributed by atoms with van der Waals surface area (Å²) in [6.45, 7) is 0.941. The highest BCUT2D eigenvalue weighted by atomic mass is 127. The van der Waals surface area contributed by atoms with Gasteiger partial charge in [-0.25, -0.2) is 9.97 Å². The summed E-state index contributed by atoms with van der Waals surface area (Å²) in [6.07, 6.45) is 2.59. The zero-order valence-corrected chi connectivity index (χ0v) is 10.5. The Bertz CT molecular complexity index is 291. The van der Waals surface area contributed by atoms with Crippen LogP contribution in [0.15, 0.2) is 6.20 Å². The number of hydrogen-bond donors (Lipinski definition) is 0. The summed E-state index contributed by atoms with van der Waals surface area (Å²) in [7, 11) is 4.04. The fraction of sp³-hybridized carbons (Fsp3) is 0.500. The Morgan fingerprint density at radius 1 is 1.54 bits per heavy atom. The van der Waals surface area contributed by atoms with Crippen molar-refractivity contribution >= 4 is 34.2 Å². The third-order valence-corrected chi connectivity index (χ3v) is 2.93. The van der Waals surface area contributed by atoms with Crippen molar-refractivity contribution in [2.24, 2.45) is 0 Å². The minimum absolute atomic E-state index is 0.546. The number of likely N-dealkylation sites (N-methyl/N-ethyl adjacent to an activating group) is 1. The van der Waals surface area contributed by atoms with Gasteiger partial charge in [-0.3, -0.25) is 0 Å². The fourth-order valence-electron chi connectivity index (χ4n) is 0.824. The van der Waals surface area contributed by atoms with Crippen molar-refractivity contribution in [2.45, 2.75) is 6.42 Å². The molecule has 0 aliphatic carbocycles. The predicted molar refractivity (Wildman–Crippen MR) is 62.0 cm³/mol. The van der Waals surface area contributed by atoms with E-state index in [1.54, 1.807) is 6.20 Å². The van der Waals surface area contributed by atoms with Crippen LogP contribution in [-0.2, 0) is 6.42 Å². The Morgan fingerprint density at radius 3 is 2.77 bits per heavy atom. The molecular weight excluding hydrogens is 300 g/mol. The summed E-state index contributed by atoms with van der Waals surface area (Å²) in [5.74, 6) is 0.805. The molecular formula is C8H11ClIN3. The molecule has 1 heterocycles. The topological polar surface area (TPSA) is 29.0 Å². The second kappa shape index (κ2) is 5.07. The molecule has 0 amide bonds. The number of halogens is 2. The molecule has 0 radical (unpaired) electrons. The molecule has 0 atom stereocenters. The van der Waals surface area contributed by atoms with Crippen LogP contribution >= 0.6 is 34.2 Å². The predicted octanol–water partition coefficient (Wildman–Crippen LogP) is 1.84. The van der Waals surface area contributed by atoms with Crippen LogP contribution in [0.1, 0.15) is 5.82 Å². The third-order valence-electron chi connectivity index (χ3n) is 1.53. The van der Waals surface area contributed by atoms with Gasteiger partial charge in [0.1, 0.15) is 11.0 Å². The first kappa shape index (κ1) is 11.1. The second-order valence-corrected chi connectivity index (χ2v) is 4.50. The van der Waals surface area contributed by atoms with Crippen molar-refractivity contribution in [3.8, 4) is 0 Å². The number of aromatic nitrogens is 2. The Hall–Kier alpha value is 0.0600. The molecule has 5 heteroatoms. The first-order valence-corrected chi connectivity index (χ1v) is 5.37. The maximum Gasteiger partial charge on any atom is 0.146 e. The zero-order chi connectivity index (χ0) is 9.84. The van der Waals surface area contributed by atoms with Crippen molar-refractivity contribution in [1.82, 2.24) is 14.9 Å². The van der Waals surface area contributed by atoms with E-state index in [1.165, 1.54) is 0 Å². The average Bonchev–Trinajstić information content (AvgIpc) is 2.07. The Morgan fingerprint density at radius 2 is 2.23 bits per heavy atom. The van der Waals surface area contributed by atoms with Gasteiger partial charge >= 0.3 is 0 Å². The highest BCUT2D eigenvalue weighted by Gasteiger charge is 2.02. The van der Waals surface area contributed by atoms with E-state index in [0.717, 1.165) is 22.4 Å². The van der Waals surface area contributed by atoms with Gasteiger partial charge in [0, 0.05) is 19.2 Å². The molecule has 0 spiro atoms. The molecule has 3 nitrogen and oxygen atoms in total. The minimum Gasteiger partial charge on any atom is -0.309 e. The molecule has 13 heavy (non-hydrogen) atoms. The monoisotopic (exact) mass is 311 g/mol. The SMILES string of the molecule is CN(C)CCc1ncc(I)c(Cl)n1. The van der Waals surface area contributed by atoms with Crippen molar-refractivity contribution in [2.75, 3.05) is 20.6 Å². The summed E-state index contributed by atoms with van der Waals surface area (Å²) >= 11 is 7.97. The second-order valence-electron chi connectivity index (χ2n) is 2.98. The molecule has 1 aromatic rings. The van der Waals surface area contributed by atoms with Gasteiger partial charge in [0.2, 0.25) is 0 Å². The Labute approximate surface area is 96.7 Å². The van der Waals surface area contributed by atoms with Gasteiger partial charge in [-0.2, -0.15) is 0 Å². The standard InChI is InChI=1S/C8H11ClIN3/c1-13(2)4-3-7-11-5-6(10)8(9)12-7/h5H,3-4H2,1-2H3. The van der Waals surface area contributed by atoms with E-state index >= 15 is 0 Å². The molecule has 1 rings (SSSR count). The first-order valence-electron chi connectivity index (χ1n) is 3.91. The lowest BCUT2D eigenvalue weighted by Crippen LogP contribution is -2.16. The van der Waals surface area contributed by atoms with E-state index in [0.29, 0.717) is 5.15 Å². The molecule has 0 aliphatic heterocycles. The third kappa shape index (κ3) is 3.74. The van der Waals surface area contributed by atoms with E-state index in [4.69, 9.17) is 11.6 Å². The lowest BCUT2D eigenvalue weighted by atomic mass is 10.4. The van der Waals surface area contributed by atoms with Crippen molar-refractivity contribution < 1.29 is 0 Å². The average molecular weight is 312 g/mol. The van der Waals surface area contributed by atoms with Gasteiger partial charge in [-0.15, -0.1) is 0 Å². The van der Waals surface area contributed by atoms with E-state index in [2.05, 4.69) is 37.5 Å². The molecule has 0 bridgehead atoms. The van der Waals surface area contributed by atoms with Crippen LogP contribution in [0.4, 0.5) is 0 Å². The van der Waals surface area contributed by atoms with Crippen molar-refractivity contribution in [3.05, 3.63) is 20.7 Å². The smallest absolute Gasteiger partial charge is 0.146 e. The molecule has 0 aliphatic rings. The van der Waals surface area contributed by atoms with Crippen LogP contribution in [0.3, 0.4) is 0 Å². The maximum absolute atomic E-state index is 5.86. The molecule has 1 aromatic heterocycles. The van der Waals surface area contributed by atoms with Crippen LogP contribution in [-0.4, -0.2) is 35.5 Å². The van der Waals surface area contributed by atoms with Gasteiger partial charge in [0.15, 0.2) is 0 Å². The van der Waals surface area contributed by atoms with E-state index in [-0.39, 0.29) is 0 Å². The van der Waals surface area contributed by atoms with Crippen molar-refractivity contribution in [1.29, 1.82) is 0 Å². The molecule has 0 aromatic carbocycles. The summed E-state index contributed by atoms with van der Waals surface area (Å²) in [6, 6.07) is 0. The normalized spacial score (nSPS) is 10.8. The van der Waals surface area contributed by atoms with Crippen LogP contribution in [0.5, 0.6) is 0 Å². The first-order chi connectivity index (χ1) is 6.09. The van der Waals surface area contributed by atoms with Crippen LogP contribution in [0.25, 0.3) is 0 Å². The summed E-state index contributed by atoms with van der Waals surface area (Å²) < 4.78 is 0.896. The minimum atomic E-state index is 0.546. The lowest BCUT2D eigenvalue weighted by molar-refractivity contribution is 0.409. The van der Waals surface area contributed by atoms with Crippen LogP contribution in [0.2, 0.25) is 5.15 Å². The highest BCUT2D eigenvalue weighted by Crippen LogP contribution is 2.13. The molecule has 0 fully saturated rings.